The summed E-state index contributed by atoms with van der Waals surface area (Å²) < 4.78 is 29.2. The van der Waals surface area contributed by atoms with E-state index in [0.717, 1.165) is 0 Å². The molecule has 0 aliphatic carbocycles. The number of rotatable bonds is 3. The van der Waals surface area contributed by atoms with Crippen LogP contribution in [0.3, 0.4) is 0 Å². The number of halogens is 2. The molecule has 1 aromatic heterocycles. The van der Waals surface area contributed by atoms with Gasteiger partial charge in [-0.25, -0.2) is 13.8 Å². The fourth-order valence-electron chi connectivity index (χ4n) is 0.782. The second-order valence-electron chi connectivity index (χ2n) is 2.95. The Bertz CT molecular complexity index is 234. The highest BCUT2D eigenvalue weighted by Crippen LogP contribution is 2.17. The zero-order chi connectivity index (χ0) is 9.19. The maximum Gasteiger partial charge on any atom is 0.256 e. The van der Waals surface area contributed by atoms with Crippen molar-refractivity contribution in [2.45, 2.75) is 25.3 Å². The van der Waals surface area contributed by atoms with Crippen LogP contribution in [-0.4, -0.2) is 16.9 Å². The molecule has 3 nitrogen and oxygen atoms in total. The lowest BCUT2D eigenvalue weighted by Gasteiger charge is -2.21. The molecule has 0 aromatic carbocycles. The lowest BCUT2D eigenvalue weighted by Crippen LogP contribution is -2.45. The van der Waals surface area contributed by atoms with Gasteiger partial charge in [-0.1, -0.05) is 0 Å². The molecule has 1 unspecified atom stereocenters. The Labute approximate surface area is 68.6 Å². The molecule has 0 saturated carbocycles. The first kappa shape index (κ1) is 9.12. The van der Waals surface area contributed by atoms with Crippen molar-refractivity contribution in [1.82, 2.24) is 4.98 Å². The van der Waals surface area contributed by atoms with Gasteiger partial charge in [0.2, 0.25) is 0 Å². The molecule has 1 atom stereocenters. The molecule has 0 spiro atoms. The largest absolute Gasteiger partial charge is 0.448 e. The van der Waals surface area contributed by atoms with E-state index in [1.165, 1.54) is 19.5 Å². The standard InChI is InChI=1S/C7H10F2N2O/c1-7(10,6(8)9)2-5-3-11-4-12-5/h3-4,6H,2,10H2,1H3. The fourth-order valence-corrected chi connectivity index (χ4v) is 0.782. The van der Waals surface area contributed by atoms with Crippen molar-refractivity contribution in [3.8, 4) is 0 Å². The average Bonchev–Trinajstić information content (AvgIpc) is 2.38. The minimum atomic E-state index is -2.57. The van der Waals surface area contributed by atoms with Crippen LogP contribution in [0.4, 0.5) is 8.78 Å². The summed E-state index contributed by atoms with van der Waals surface area (Å²) in [5.41, 5.74) is 3.77. The monoisotopic (exact) mass is 176 g/mol. The van der Waals surface area contributed by atoms with Crippen molar-refractivity contribution < 1.29 is 13.2 Å². The van der Waals surface area contributed by atoms with Crippen LogP contribution in [-0.2, 0) is 6.42 Å². The molecule has 0 saturated heterocycles. The summed E-state index contributed by atoms with van der Waals surface area (Å²) in [7, 11) is 0. The van der Waals surface area contributed by atoms with E-state index in [2.05, 4.69) is 4.98 Å². The summed E-state index contributed by atoms with van der Waals surface area (Å²) in [4.78, 5) is 3.60. The van der Waals surface area contributed by atoms with Crippen molar-refractivity contribution in [2.75, 3.05) is 0 Å². The highest BCUT2D eigenvalue weighted by atomic mass is 19.3. The van der Waals surface area contributed by atoms with Crippen molar-refractivity contribution in [1.29, 1.82) is 0 Å². The molecule has 0 aliphatic rings. The molecule has 1 rings (SSSR count). The molecule has 1 heterocycles. The highest BCUT2D eigenvalue weighted by molar-refractivity contribution is 4.98. The van der Waals surface area contributed by atoms with E-state index < -0.39 is 12.0 Å². The van der Waals surface area contributed by atoms with Gasteiger partial charge in [-0.15, -0.1) is 0 Å². The molecule has 0 radical (unpaired) electrons. The third-order valence-corrected chi connectivity index (χ3v) is 1.54. The quantitative estimate of drug-likeness (QED) is 0.752. The highest BCUT2D eigenvalue weighted by Gasteiger charge is 2.31. The van der Waals surface area contributed by atoms with Gasteiger partial charge in [-0.2, -0.15) is 0 Å². The van der Waals surface area contributed by atoms with Gasteiger partial charge in [0.1, 0.15) is 5.76 Å². The average molecular weight is 176 g/mol. The van der Waals surface area contributed by atoms with E-state index in [4.69, 9.17) is 10.2 Å². The Morgan fingerprint density at radius 2 is 2.42 bits per heavy atom. The molecular weight excluding hydrogens is 166 g/mol. The minimum Gasteiger partial charge on any atom is -0.448 e. The molecule has 0 aliphatic heterocycles. The van der Waals surface area contributed by atoms with Crippen molar-refractivity contribution in [2.24, 2.45) is 5.73 Å². The lowest BCUT2D eigenvalue weighted by molar-refractivity contribution is 0.0610. The Morgan fingerprint density at radius 1 is 1.75 bits per heavy atom. The first-order valence-electron chi connectivity index (χ1n) is 3.47. The Balaban J connectivity index is 2.62. The summed E-state index contributed by atoms with van der Waals surface area (Å²) in [6.45, 7) is 1.28. The van der Waals surface area contributed by atoms with Crippen LogP contribution in [0, 0.1) is 0 Å². The van der Waals surface area contributed by atoms with Crippen LogP contribution in [0.5, 0.6) is 0 Å². The van der Waals surface area contributed by atoms with Crippen LogP contribution in [0.2, 0.25) is 0 Å². The fraction of sp³-hybridized carbons (Fsp3) is 0.571. The van der Waals surface area contributed by atoms with E-state index in [0.29, 0.717) is 5.76 Å². The molecule has 5 heteroatoms. The summed E-state index contributed by atoms with van der Waals surface area (Å²) in [6, 6.07) is 0. The first-order valence-corrected chi connectivity index (χ1v) is 3.47. The van der Waals surface area contributed by atoms with Gasteiger partial charge < -0.3 is 10.2 Å². The smallest absolute Gasteiger partial charge is 0.256 e. The van der Waals surface area contributed by atoms with Crippen LogP contribution >= 0.6 is 0 Å². The topological polar surface area (TPSA) is 52.0 Å². The van der Waals surface area contributed by atoms with Gasteiger partial charge in [-0.05, 0) is 6.92 Å². The van der Waals surface area contributed by atoms with Crippen LogP contribution in [0.15, 0.2) is 17.0 Å². The SMILES string of the molecule is CC(N)(Cc1cnco1)C(F)F. The summed E-state index contributed by atoms with van der Waals surface area (Å²) in [5, 5.41) is 0. The number of hydrogen-bond donors (Lipinski definition) is 1. The van der Waals surface area contributed by atoms with Gasteiger partial charge in [0.25, 0.3) is 6.43 Å². The Kier molecular flexibility index (Phi) is 2.42. The predicted octanol–water partition coefficient (Wildman–Crippen LogP) is 1.20. The van der Waals surface area contributed by atoms with Crippen LogP contribution < -0.4 is 5.73 Å². The molecule has 0 bridgehead atoms. The molecular formula is C7H10F2N2O. The zero-order valence-electron chi connectivity index (χ0n) is 6.63. The van der Waals surface area contributed by atoms with Gasteiger partial charge in [0.15, 0.2) is 6.39 Å². The number of hydrogen-bond acceptors (Lipinski definition) is 3. The van der Waals surface area contributed by atoms with Crippen LogP contribution in [0.25, 0.3) is 0 Å². The molecule has 68 valence electrons. The molecule has 2 N–H and O–H groups in total. The number of oxazole rings is 1. The van der Waals surface area contributed by atoms with E-state index in [9.17, 15) is 8.78 Å². The maximum atomic E-state index is 12.2. The first-order chi connectivity index (χ1) is 5.52. The predicted molar refractivity (Wildman–Crippen MR) is 38.8 cm³/mol. The normalized spacial score (nSPS) is 16.4. The number of nitrogens with two attached hydrogens (primary N) is 1. The second-order valence-corrected chi connectivity index (χ2v) is 2.95. The van der Waals surface area contributed by atoms with Gasteiger partial charge >= 0.3 is 0 Å². The Hall–Kier alpha value is -0.970. The number of alkyl halides is 2. The molecule has 0 fully saturated rings. The number of nitrogens with zero attached hydrogens (tertiary/aromatic N) is 1. The summed E-state index contributed by atoms with van der Waals surface area (Å²) in [5.74, 6) is 0.375. The lowest BCUT2D eigenvalue weighted by atomic mass is 9.99. The van der Waals surface area contributed by atoms with E-state index >= 15 is 0 Å². The molecule has 12 heavy (non-hydrogen) atoms. The van der Waals surface area contributed by atoms with Crippen molar-refractivity contribution in [3.63, 3.8) is 0 Å². The molecule has 1 aromatic rings. The van der Waals surface area contributed by atoms with Gasteiger partial charge in [0, 0.05) is 6.42 Å². The third kappa shape index (κ3) is 2.01. The van der Waals surface area contributed by atoms with Crippen molar-refractivity contribution >= 4 is 0 Å². The van der Waals surface area contributed by atoms with E-state index in [-0.39, 0.29) is 6.42 Å². The summed E-state index contributed by atoms with van der Waals surface area (Å²) >= 11 is 0. The Morgan fingerprint density at radius 3 is 2.83 bits per heavy atom. The maximum absolute atomic E-state index is 12.2. The zero-order valence-corrected chi connectivity index (χ0v) is 6.63. The van der Waals surface area contributed by atoms with Gasteiger partial charge in [-0.3, -0.25) is 0 Å². The van der Waals surface area contributed by atoms with E-state index in [1.807, 2.05) is 0 Å². The van der Waals surface area contributed by atoms with Crippen LogP contribution in [0.1, 0.15) is 12.7 Å². The minimum absolute atomic E-state index is 0.00926. The van der Waals surface area contributed by atoms with E-state index in [1.54, 1.807) is 0 Å². The number of aromatic nitrogens is 1. The third-order valence-electron chi connectivity index (χ3n) is 1.54. The van der Waals surface area contributed by atoms with Gasteiger partial charge in [0.05, 0.1) is 11.7 Å². The molecule has 0 amide bonds. The summed E-state index contributed by atoms with van der Waals surface area (Å²) in [6.07, 6.45) is -0.00251. The van der Waals surface area contributed by atoms with Crippen molar-refractivity contribution in [3.05, 3.63) is 18.4 Å². The second kappa shape index (κ2) is 3.18.